The molecule has 170 valence electrons. The van der Waals surface area contributed by atoms with Gasteiger partial charge in [-0.3, -0.25) is 14.5 Å². The van der Waals surface area contributed by atoms with Crippen molar-refractivity contribution in [1.82, 2.24) is 4.90 Å². The predicted octanol–water partition coefficient (Wildman–Crippen LogP) is 4.59. The highest BCUT2D eigenvalue weighted by atomic mass is 32.2. The number of hydrogen-bond acceptors (Lipinski definition) is 6. The lowest BCUT2D eigenvalue weighted by Crippen LogP contribution is -2.50. The first-order valence-corrected chi connectivity index (χ1v) is 13.7. The van der Waals surface area contributed by atoms with Crippen molar-refractivity contribution in [3.8, 4) is 5.75 Å². The molecule has 5 nitrogen and oxygen atoms in total. The number of anilines is 1. The molecule has 4 aliphatic heterocycles. The summed E-state index contributed by atoms with van der Waals surface area (Å²) in [6.07, 6.45) is 2.05. The molecule has 2 fully saturated rings. The molecule has 7 heteroatoms. The number of para-hydroxylation sites is 2. The van der Waals surface area contributed by atoms with Crippen LogP contribution in [0.3, 0.4) is 0 Å². The number of hydrogen-bond donors (Lipinski definition) is 1. The van der Waals surface area contributed by atoms with Gasteiger partial charge in [-0.2, -0.15) is 0 Å². The van der Waals surface area contributed by atoms with Crippen molar-refractivity contribution in [2.45, 2.75) is 27.8 Å². The molecule has 0 unspecified atom stereocenters. The minimum atomic E-state index is -0.998. The first-order chi connectivity index (χ1) is 16.6. The van der Waals surface area contributed by atoms with Gasteiger partial charge in [0.25, 0.3) is 0 Å². The second kappa shape index (κ2) is 7.13. The highest BCUT2D eigenvalue weighted by molar-refractivity contribution is 7.99. The minimum absolute atomic E-state index is 0.0609. The van der Waals surface area contributed by atoms with Crippen LogP contribution >= 0.6 is 23.5 Å². The van der Waals surface area contributed by atoms with Crippen molar-refractivity contribution < 1.29 is 14.3 Å². The van der Waals surface area contributed by atoms with Gasteiger partial charge in [0.1, 0.15) is 16.7 Å². The van der Waals surface area contributed by atoms with Gasteiger partial charge >= 0.3 is 5.97 Å². The Hall–Kier alpha value is -2.74. The molecule has 2 spiro atoms. The maximum Gasteiger partial charge on any atom is 0.324 e. The quantitative estimate of drug-likeness (QED) is 0.325. The SMILES string of the molecule is CSc1ccc([C@H]2[C@]3(C(=O)Oc4ccccc43)[C@@H]3CSCN3[C@@]23C(=O)Nc2ccccc23)cc1. The molecule has 1 N–H and O–H groups in total. The molecule has 2 saturated heterocycles. The highest BCUT2D eigenvalue weighted by Gasteiger charge is 2.78. The number of rotatable bonds is 2. The molecule has 0 bridgehead atoms. The summed E-state index contributed by atoms with van der Waals surface area (Å²) in [6.45, 7) is 0. The van der Waals surface area contributed by atoms with Crippen molar-refractivity contribution in [3.63, 3.8) is 0 Å². The number of carbonyl (C=O) groups excluding carboxylic acids is 2. The zero-order valence-corrected chi connectivity index (χ0v) is 20.1. The van der Waals surface area contributed by atoms with Crippen molar-refractivity contribution >= 4 is 41.1 Å². The summed E-state index contributed by atoms with van der Waals surface area (Å²) in [6, 6.07) is 23.9. The van der Waals surface area contributed by atoms with Crippen LogP contribution in [0.5, 0.6) is 5.75 Å². The van der Waals surface area contributed by atoms with Crippen LogP contribution in [0.4, 0.5) is 5.69 Å². The number of ether oxygens (including phenoxy) is 1. The Kier molecular flexibility index (Phi) is 4.33. The van der Waals surface area contributed by atoms with E-state index >= 15 is 0 Å². The van der Waals surface area contributed by atoms with Gasteiger partial charge in [-0.1, -0.05) is 48.5 Å². The average Bonchev–Trinajstić information content (AvgIpc) is 3.58. The monoisotopic (exact) mass is 486 g/mol. The summed E-state index contributed by atoms with van der Waals surface area (Å²) >= 11 is 3.46. The molecule has 7 rings (SSSR count). The lowest BCUT2D eigenvalue weighted by atomic mass is 9.60. The number of nitrogens with one attached hydrogen (secondary N) is 1. The summed E-state index contributed by atoms with van der Waals surface area (Å²) in [4.78, 5) is 31.6. The Bertz CT molecular complexity index is 1280. The Morgan fingerprint density at radius 1 is 1.00 bits per heavy atom. The zero-order chi connectivity index (χ0) is 23.1. The highest BCUT2D eigenvalue weighted by Crippen LogP contribution is 2.69. The van der Waals surface area contributed by atoms with E-state index in [4.69, 9.17) is 4.74 Å². The molecular weight excluding hydrogens is 464 g/mol. The lowest BCUT2D eigenvalue weighted by molar-refractivity contribution is -0.139. The van der Waals surface area contributed by atoms with Gasteiger partial charge < -0.3 is 10.1 Å². The van der Waals surface area contributed by atoms with E-state index in [0.717, 1.165) is 33.0 Å². The number of carbonyl (C=O) groups is 2. The fourth-order valence-electron chi connectivity index (χ4n) is 6.77. The molecule has 3 aromatic rings. The lowest BCUT2D eigenvalue weighted by Gasteiger charge is -2.39. The second-order valence-corrected chi connectivity index (χ2v) is 11.1. The Morgan fingerprint density at radius 2 is 1.74 bits per heavy atom. The minimum Gasteiger partial charge on any atom is -0.425 e. The molecule has 0 aliphatic carbocycles. The van der Waals surface area contributed by atoms with E-state index in [-0.39, 0.29) is 17.9 Å². The fourth-order valence-corrected chi connectivity index (χ4v) is 8.53. The largest absolute Gasteiger partial charge is 0.425 e. The van der Waals surface area contributed by atoms with E-state index in [1.165, 1.54) is 0 Å². The average molecular weight is 487 g/mol. The standard InChI is InChI=1S/C27H22N2O3S2/c1-33-17-12-10-16(11-13-17)23-26(19-7-3-5-9-21(19)32-25(26)31)22-14-34-15-29(22)27(23)18-6-2-4-8-20(18)28-24(27)30/h2-13,22-23H,14-15H2,1H3,(H,28,30)/t22-,23-,26+,27+/m0/s1. The third kappa shape index (κ3) is 2.28. The normalized spacial score (nSPS) is 31.0. The van der Waals surface area contributed by atoms with Crippen LogP contribution in [0.2, 0.25) is 0 Å². The molecule has 34 heavy (non-hydrogen) atoms. The van der Waals surface area contributed by atoms with E-state index in [9.17, 15) is 9.59 Å². The summed E-state index contributed by atoms with van der Waals surface area (Å²) in [5.41, 5.74) is 1.67. The Labute approximate surface area is 206 Å². The van der Waals surface area contributed by atoms with Gasteiger partial charge in [-0.15, -0.1) is 23.5 Å². The molecule has 4 aliphatic rings. The maximum atomic E-state index is 14.1. The smallest absolute Gasteiger partial charge is 0.324 e. The second-order valence-electron chi connectivity index (χ2n) is 9.21. The van der Waals surface area contributed by atoms with Crippen LogP contribution in [0.1, 0.15) is 22.6 Å². The number of fused-ring (bicyclic) bond motifs is 7. The fraction of sp³-hybridized carbons (Fsp3) is 0.259. The molecular formula is C27H22N2O3S2. The molecule has 0 radical (unpaired) electrons. The number of nitrogens with zero attached hydrogens (tertiary/aromatic N) is 1. The zero-order valence-electron chi connectivity index (χ0n) is 18.5. The first-order valence-electron chi connectivity index (χ1n) is 11.3. The van der Waals surface area contributed by atoms with Crippen LogP contribution < -0.4 is 10.1 Å². The number of amides is 1. The Balaban J connectivity index is 1.60. The van der Waals surface area contributed by atoms with Crippen LogP contribution in [-0.2, 0) is 20.5 Å². The molecule has 0 aromatic heterocycles. The third-order valence-corrected chi connectivity index (χ3v) is 9.74. The molecule has 0 saturated carbocycles. The van der Waals surface area contributed by atoms with Gasteiger partial charge in [0.15, 0.2) is 0 Å². The van der Waals surface area contributed by atoms with Gasteiger partial charge in [0.2, 0.25) is 5.91 Å². The van der Waals surface area contributed by atoms with E-state index in [0.29, 0.717) is 11.6 Å². The van der Waals surface area contributed by atoms with Gasteiger partial charge in [0, 0.05) is 45.3 Å². The first kappa shape index (κ1) is 20.6. The van der Waals surface area contributed by atoms with Crippen LogP contribution in [-0.4, -0.2) is 40.7 Å². The third-order valence-electron chi connectivity index (χ3n) is 7.99. The predicted molar refractivity (Wildman–Crippen MR) is 134 cm³/mol. The van der Waals surface area contributed by atoms with Crippen LogP contribution in [0, 0.1) is 0 Å². The van der Waals surface area contributed by atoms with Gasteiger partial charge in [0.05, 0.1) is 0 Å². The summed E-state index contributed by atoms with van der Waals surface area (Å²) in [5, 5.41) is 3.16. The summed E-state index contributed by atoms with van der Waals surface area (Å²) < 4.78 is 5.96. The number of benzene rings is 3. The van der Waals surface area contributed by atoms with E-state index in [1.54, 1.807) is 23.5 Å². The van der Waals surface area contributed by atoms with Crippen LogP contribution in [0.25, 0.3) is 0 Å². The molecule has 1 amide bonds. The van der Waals surface area contributed by atoms with Crippen molar-refractivity contribution in [2.24, 2.45) is 0 Å². The molecule has 4 heterocycles. The number of thioether (sulfide) groups is 2. The maximum absolute atomic E-state index is 14.1. The number of esters is 1. The molecule has 3 aromatic carbocycles. The summed E-state index contributed by atoms with van der Waals surface area (Å²) in [5.74, 6) is 1.32. The Morgan fingerprint density at radius 3 is 2.53 bits per heavy atom. The topological polar surface area (TPSA) is 58.6 Å². The van der Waals surface area contributed by atoms with E-state index < -0.39 is 16.9 Å². The van der Waals surface area contributed by atoms with Gasteiger partial charge in [-0.05, 0) is 36.1 Å². The van der Waals surface area contributed by atoms with E-state index in [2.05, 4.69) is 34.5 Å². The molecule has 4 atom stereocenters. The van der Waals surface area contributed by atoms with Crippen LogP contribution in [0.15, 0.2) is 77.7 Å². The summed E-state index contributed by atoms with van der Waals surface area (Å²) in [7, 11) is 0. The van der Waals surface area contributed by atoms with Crippen molar-refractivity contribution in [1.29, 1.82) is 0 Å². The van der Waals surface area contributed by atoms with Crippen molar-refractivity contribution in [2.75, 3.05) is 23.2 Å². The van der Waals surface area contributed by atoms with Gasteiger partial charge in [-0.25, -0.2) is 0 Å². The van der Waals surface area contributed by atoms with Crippen molar-refractivity contribution in [3.05, 3.63) is 89.5 Å². The van der Waals surface area contributed by atoms with E-state index in [1.807, 2.05) is 54.8 Å².